The van der Waals surface area contributed by atoms with Crippen LogP contribution in [-0.4, -0.2) is 22.2 Å². The maximum Gasteiger partial charge on any atom is 0.337 e. The summed E-state index contributed by atoms with van der Waals surface area (Å²) in [6, 6.07) is 8.04. The number of urea groups is 1. The standard InChI is InChI=1S/C14H11FN2O4/c15-8-2-1-3-9(6-8)16-14(21)17-12-5-4-10(18)7-11(12)13(19)20/h1-7,18H,(H,19,20)(H2,16,17,21). The van der Waals surface area contributed by atoms with Crippen LogP contribution < -0.4 is 10.6 Å². The minimum absolute atomic E-state index is 0.00852. The molecule has 0 radical (unpaired) electrons. The van der Waals surface area contributed by atoms with Crippen LogP contribution in [-0.2, 0) is 0 Å². The third-order valence-electron chi connectivity index (χ3n) is 2.56. The number of carbonyl (C=O) groups is 2. The molecule has 0 unspecified atom stereocenters. The van der Waals surface area contributed by atoms with Crippen LogP contribution in [0.5, 0.6) is 5.75 Å². The Morgan fingerprint density at radius 3 is 2.48 bits per heavy atom. The summed E-state index contributed by atoms with van der Waals surface area (Å²) in [6.45, 7) is 0. The predicted molar refractivity (Wildman–Crippen MR) is 74.1 cm³/mol. The Labute approximate surface area is 118 Å². The van der Waals surface area contributed by atoms with E-state index >= 15 is 0 Å². The molecule has 2 aromatic rings. The zero-order valence-electron chi connectivity index (χ0n) is 10.6. The molecule has 0 aromatic heterocycles. The van der Waals surface area contributed by atoms with Crippen LogP contribution in [0.2, 0.25) is 0 Å². The Balaban J connectivity index is 2.15. The second kappa shape index (κ2) is 5.91. The molecule has 0 aliphatic heterocycles. The minimum Gasteiger partial charge on any atom is -0.508 e. The van der Waals surface area contributed by atoms with E-state index in [1.54, 1.807) is 0 Å². The van der Waals surface area contributed by atoms with Crippen LogP contribution in [0.1, 0.15) is 10.4 Å². The lowest BCUT2D eigenvalue weighted by Gasteiger charge is -2.10. The van der Waals surface area contributed by atoms with E-state index in [1.807, 2.05) is 0 Å². The lowest BCUT2D eigenvalue weighted by atomic mass is 10.1. The van der Waals surface area contributed by atoms with Gasteiger partial charge in [-0.3, -0.25) is 0 Å². The second-order valence-corrected chi connectivity index (χ2v) is 4.12. The highest BCUT2D eigenvalue weighted by molar-refractivity contribution is 6.04. The largest absolute Gasteiger partial charge is 0.508 e. The number of carbonyl (C=O) groups excluding carboxylic acids is 1. The number of halogens is 1. The van der Waals surface area contributed by atoms with Gasteiger partial charge >= 0.3 is 12.0 Å². The summed E-state index contributed by atoms with van der Waals surface area (Å²) in [5, 5.41) is 22.9. The van der Waals surface area contributed by atoms with Crippen LogP contribution in [0.4, 0.5) is 20.6 Å². The van der Waals surface area contributed by atoms with E-state index in [1.165, 1.54) is 30.3 Å². The van der Waals surface area contributed by atoms with Crippen molar-refractivity contribution in [1.82, 2.24) is 0 Å². The van der Waals surface area contributed by atoms with Crippen LogP contribution >= 0.6 is 0 Å². The van der Waals surface area contributed by atoms with Crippen molar-refractivity contribution in [1.29, 1.82) is 0 Å². The SMILES string of the molecule is O=C(Nc1cccc(F)c1)Nc1ccc(O)cc1C(=O)O. The number of aromatic carboxylic acids is 1. The van der Waals surface area contributed by atoms with Gasteiger partial charge in [-0.25, -0.2) is 14.0 Å². The maximum absolute atomic E-state index is 13.0. The molecule has 0 aliphatic rings. The topological polar surface area (TPSA) is 98.7 Å². The zero-order chi connectivity index (χ0) is 15.4. The molecule has 108 valence electrons. The molecule has 2 rings (SSSR count). The fraction of sp³-hybridized carbons (Fsp3) is 0. The molecule has 0 aliphatic carbocycles. The summed E-state index contributed by atoms with van der Waals surface area (Å²) >= 11 is 0. The summed E-state index contributed by atoms with van der Waals surface area (Å²) < 4.78 is 13.0. The first-order chi connectivity index (χ1) is 9.95. The molecular formula is C14H11FN2O4. The Hall–Kier alpha value is -3.09. The monoisotopic (exact) mass is 290 g/mol. The Kier molecular flexibility index (Phi) is 4.03. The number of anilines is 2. The van der Waals surface area contributed by atoms with Crippen molar-refractivity contribution < 1.29 is 24.2 Å². The highest BCUT2D eigenvalue weighted by atomic mass is 19.1. The molecule has 2 amide bonds. The first-order valence-electron chi connectivity index (χ1n) is 5.85. The molecule has 6 nitrogen and oxygen atoms in total. The van der Waals surface area contributed by atoms with Crippen molar-refractivity contribution in [2.24, 2.45) is 0 Å². The van der Waals surface area contributed by atoms with Gasteiger partial charge in [0.2, 0.25) is 0 Å². The number of aromatic hydroxyl groups is 1. The van der Waals surface area contributed by atoms with E-state index in [-0.39, 0.29) is 22.7 Å². The average molecular weight is 290 g/mol. The molecule has 0 heterocycles. The predicted octanol–water partition coefficient (Wildman–Crippen LogP) is 2.87. The van der Waals surface area contributed by atoms with Crippen molar-refractivity contribution >= 4 is 23.4 Å². The van der Waals surface area contributed by atoms with Crippen molar-refractivity contribution in [2.45, 2.75) is 0 Å². The zero-order valence-corrected chi connectivity index (χ0v) is 10.6. The molecular weight excluding hydrogens is 279 g/mol. The van der Waals surface area contributed by atoms with Crippen molar-refractivity contribution in [3.05, 3.63) is 53.8 Å². The van der Waals surface area contributed by atoms with Crippen LogP contribution in [0.3, 0.4) is 0 Å². The molecule has 0 spiro atoms. The van der Waals surface area contributed by atoms with E-state index < -0.39 is 17.8 Å². The number of rotatable bonds is 3. The van der Waals surface area contributed by atoms with Crippen molar-refractivity contribution in [3.8, 4) is 5.75 Å². The van der Waals surface area contributed by atoms with E-state index in [2.05, 4.69) is 10.6 Å². The van der Waals surface area contributed by atoms with Gasteiger partial charge in [-0.1, -0.05) is 6.07 Å². The highest BCUT2D eigenvalue weighted by Crippen LogP contribution is 2.21. The highest BCUT2D eigenvalue weighted by Gasteiger charge is 2.13. The summed E-state index contributed by atoms with van der Waals surface area (Å²) in [5.41, 5.74) is -0.0262. The number of carboxylic acids is 1. The van der Waals surface area contributed by atoms with Gasteiger partial charge in [-0.2, -0.15) is 0 Å². The van der Waals surface area contributed by atoms with Crippen molar-refractivity contribution in [2.75, 3.05) is 10.6 Å². The minimum atomic E-state index is -1.30. The summed E-state index contributed by atoms with van der Waals surface area (Å²) in [5.74, 6) is -2.04. The van der Waals surface area contributed by atoms with Gasteiger partial charge in [0, 0.05) is 5.69 Å². The summed E-state index contributed by atoms with van der Waals surface area (Å²) in [4.78, 5) is 22.8. The fourth-order valence-electron chi connectivity index (χ4n) is 1.67. The van der Waals surface area contributed by atoms with Crippen LogP contribution in [0, 0.1) is 5.82 Å². The molecule has 0 saturated carbocycles. The number of hydrogen-bond donors (Lipinski definition) is 4. The van der Waals surface area contributed by atoms with E-state index in [0.29, 0.717) is 0 Å². The lowest BCUT2D eigenvalue weighted by molar-refractivity contribution is 0.0697. The molecule has 4 N–H and O–H groups in total. The van der Waals surface area contributed by atoms with Gasteiger partial charge in [-0.15, -0.1) is 0 Å². The maximum atomic E-state index is 13.0. The quantitative estimate of drug-likeness (QED) is 0.653. The normalized spacial score (nSPS) is 9.95. The van der Waals surface area contributed by atoms with Gasteiger partial charge in [0.15, 0.2) is 0 Å². The van der Waals surface area contributed by atoms with Gasteiger partial charge in [-0.05, 0) is 36.4 Å². The van der Waals surface area contributed by atoms with Gasteiger partial charge in [0.25, 0.3) is 0 Å². The van der Waals surface area contributed by atoms with Crippen molar-refractivity contribution in [3.63, 3.8) is 0 Å². The Morgan fingerprint density at radius 1 is 1.05 bits per heavy atom. The molecule has 0 bridgehead atoms. The van der Waals surface area contributed by atoms with E-state index in [9.17, 15) is 19.1 Å². The lowest BCUT2D eigenvalue weighted by Crippen LogP contribution is -2.21. The number of benzene rings is 2. The number of amides is 2. The smallest absolute Gasteiger partial charge is 0.337 e. The van der Waals surface area contributed by atoms with Gasteiger partial charge in [0.1, 0.15) is 11.6 Å². The summed E-state index contributed by atoms with van der Waals surface area (Å²) in [6.07, 6.45) is 0. The number of nitrogens with one attached hydrogen (secondary N) is 2. The van der Waals surface area contributed by atoms with Crippen LogP contribution in [0.15, 0.2) is 42.5 Å². The molecule has 21 heavy (non-hydrogen) atoms. The molecule has 0 saturated heterocycles. The van der Waals surface area contributed by atoms with Crippen LogP contribution in [0.25, 0.3) is 0 Å². The summed E-state index contributed by atoms with van der Waals surface area (Å²) in [7, 11) is 0. The van der Waals surface area contributed by atoms with E-state index in [4.69, 9.17) is 5.11 Å². The molecule has 2 aromatic carbocycles. The molecule has 0 fully saturated rings. The number of phenolic OH excluding ortho intramolecular Hbond substituents is 1. The number of hydrogen-bond acceptors (Lipinski definition) is 3. The molecule has 7 heteroatoms. The second-order valence-electron chi connectivity index (χ2n) is 4.12. The average Bonchev–Trinajstić information content (AvgIpc) is 2.40. The molecule has 0 atom stereocenters. The van der Waals surface area contributed by atoms with Gasteiger partial charge < -0.3 is 20.8 Å². The first-order valence-corrected chi connectivity index (χ1v) is 5.85. The number of phenols is 1. The Bertz CT molecular complexity index is 703. The fourth-order valence-corrected chi connectivity index (χ4v) is 1.67. The number of carboxylic acid groups (broad SMARTS) is 1. The van der Waals surface area contributed by atoms with Gasteiger partial charge in [0.05, 0.1) is 11.3 Å². The Morgan fingerprint density at radius 2 is 1.81 bits per heavy atom. The first kappa shape index (κ1) is 14.3. The third-order valence-corrected chi connectivity index (χ3v) is 2.56. The third kappa shape index (κ3) is 3.69. The van der Waals surface area contributed by atoms with E-state index in [0.717, 1.165) is 12.1 Å².